The average Bonchev–Trinajstić information content (AvgIpc) is 2.87. The summed E-state index contributed by atoms with van der Waals surface area (Å²) in [6.45, 7) is 4.54. The van der Waals surface area contributed by atoms with Gasteiger partial charge in [-0.25, -0.2) is 4.79 Å². The molecule has 3 aromatic rings. The van der Waals surface area contributed by atoms with Gasteiger partial charge in [0.2, 0.25) is 0 Å². The Kier molecular flexibility index (Phi) is 9.76. The van der Waals surface area contributed by atoms with Gasteiger partial charge in [-0.05, 0) is 53.4 Å². The van der Waals surface area contributed by atoms with E-state index in [1.165, 1.54) is 18.2 Å². The number of carboxylic acids is 1. The van der Waals surface area contributed by atoms with Gasteiger partial charge in [0.15, 0.2) is 6.61 Å². The summed E-state index contributed by atoms with van der Waals surface area (Å²) < 4.78 is 49.9. The van der Waals surface area contributed by atoms with Crippen molar-refractivity contribution >= 4 is 11.9 Å². The maximum absolute atomic E-state index is 12.9. The van der Waals surface area contributed by atoms with Crippen molar-refractivity contribution in [2.45, 2.75) is 33.0 Å². The van der Waals surface area contributed by atoms with Gasteiger partial charge in [0, 0.05) is 19.5 Å². The standard InChI is InChI=1S/C29H30F3NO5/c1-20(2)17-33(18-22-10-12-23(13-11-22)29(30,31)32)27(34)19-38-24-7-5-6-21(16-24)14-15-37-26-9-4-3-8-25(26)28(35)36/h3-13,16,20H,14-15,17-19H2,1-2H3,(H,35,36). The van der Waals surface area contributed by atoms with Crippen LogP contribution < -0.4 is 9.47 Å². The fourth-order valence-corrected chi connectivity index (χ4v) is 3.79. The van der Waals surface area contributed by atoms with Crippen LogP contribution in [-0.2, 0) is 23.9 Å². The molecule has 0 bridgehead atoms. The van der Waals surface area contributed by atoms with Crippen LogP contribution in [0.15, 0.2) is 72.8 Å². The number of ether oxygens (including phenoxy) is 2. The molecule has 0 aliphatic rings. The summed E-state index contributed by atoms with van der Waals surface area (Å²) in [6, 6.07) is 18.4. The summed E-state index contributed by atoms with van der Waals surface area (Å²) >= 11 is 0. The second-order valence-electron chi connectivity index (χ2n) is 9.20. The Labute approximate surface area is 219 Å². The predicted molar refractivity (Wildman–Crippen MR) is 136 cm³/mol. The summed E-state index contributed by atoms with van der Waals surface area (Å²) in [5.74, 6) is -0.414. The molecule has 0 aliphatic carbocycles. The molecule has 202 valence electrons. The molecule has 0 saturated heterocycles. The summed E-state index contributed by atoms with van der Waals surface area (Å²) in [5, 5.41) is 9.26. The maximum Gasteiger partial charge on any atom is 0.416 e. The maximum atomic E-state index is 12.9. The van der Waals surface area contributed by atoms with Crippen molar-refractivity contribution < 1.29 is 37.3 Å². The Morgan fingerprint density at radius 2 is 1.63 bits per heavy atom. The Bertz CT molecular complexity index is 1230. The Morgan fingerprint density at radius 3 is 2.29 bits per heavy atom. The van der Waals surface area contributed by atoms with Crippen LogP contribution in [0.4, 0.5) is 13.2 Å². The fourth-order valence-electron chi connectivity index (χ4n) is 3.79. The van der Waals surface area contributed by atoms with Crippen LogP contribution in [0.25, 0.3) is 0 Å². The lowest BCUT2D eigenvalue weighted by molar-refractivity contribution is -0.138. The van der Waals surface area contributed by atoms with E-state index < -0.39 is 17.7 Å². The SMILES string of the molecule is CC(C)CN(Cc1ccc(C(F)(F)F)cc1)C(=O)COc1cccc(CCOc2ccccc2C(=O)O)c1. The van der Waals surface area contributed by atoms with Gasteiger partial charge in [0.1, 0.15) is 17.1 Å². The van der Waals surface area contributed by atoms with E-state index in [4.69, 9.17) is 9.47 Å². The van der Waals surface area contributed by atoms with E-state index in [1.807, 2.05) is 19.9 Å². The highest BCUT2D eigenvalue weighted by Crippen LogP contribution is 2.29. The molecular weight excluding hydrogens is 499 g/mol. The largest absolute Gasteiger partial charge is 0.492 e. The van der Waals surface area contributed by atoms with Crippen LogP contribution in [0.3, 0.4) is 0 Å². The van der Waals surface area contributed by atoms with E-state index in [-0.39, 0.29) is 42.9 Å². The van der Waals surface area contributed by atoms with Gasteiger partial charge < -0.3 is 19.5 Å². The van der Waals surface area contributed by atoms with Gasteiger partial charge in [-0.3, -0.25) is 4.79 Å². The summed E-state index contributed by atoms with van der Waals surface area (Å²) in [5.41, 5.74) is 0.832. The van der Waals surface area contributed by atoms with Crippen LogP contribution in [0.2, 0.25) is 0 Å². The van der Waals surface area contributed by atoms with Gasteiger partial charge in [-0.1, -0.05) is 50.2 Å². The lowest BCUT2D eigenvalue weighted by Gasteiger charge is -2.25. The molecule has 3 aromatic carbocycles. The number of hydrogen-bond acceptors (Lipinski definition) is 4. The number of carboxylic acid groups (broad SMARTS) is 1. The smallest absolute Gasteiger partial charge is 0.416 e. The van der Waals surface area contributed by atoms with Crippen molar-refractivity contribution in [2.24, 2.45) is 5.92 Å². The number of benzene rings is 3. The van der Waals surface area contributed by atoms with Crippen LogP contribution >= 0.6 is 0 Å². The zero-order chi connectivity index (χ0) is 27.7. The molecule has 0 spiro atoms. The number of amides is 1. The van der Waals surface area contributed by atoms with Crippen molar-refractivity contribution in [3.63, 3.8) is 0 Å². The van der Waals surface area contributed by atoms with E-state index in [0.29, 0.717) is 24.3 Å². The van der Waals surface area contributed by atoms with Crippen LogP contribution in [-0.4, -0.2) is 41.6 Å². The second-order valence-corrected chi connectivity index (χ2v) is 9.20. The van der Waals surface area contributed by atoms with Gasteiger partial charge in [0.25, 0.3) is 5.91 Å². The van der Waals surface area contributed by atoms with Crippen LogP contribution in [0, 0.1) is 5.92 Å². The first-order chi connectivity index (χ1) is 18.0. The highest BCUT2D eigenvalue weighted by Gasteiger charge is 2.30. The van der Waals surface area contributed by atoms with Crippen molar-refractivity contribution in [1.82, 2.24) is 4.90 Å². The highest BCUT2D eigenvalue weighted by atomic mass is 19.4. The second kappa shape index (κ2) is 13.0. The fraction of sp³-hybridized carbons (Fsp3) is 0.310. The lowest BCUT2D eigenvalue weighted by atomic mass is 10.1. The molecular formula is C29H30F3NO5. The number of halogens is 3. The molecule has 0 saturated carbocycles. The van der Waals surface area contributed by atoms with Crippen LogP contribution in [0.5, 0.6) is 11.5 Å². The number of alkyl halides is 3. The number of nitrogens with zero attached hydrogens (tertiary/aromatic N) is 1. The summed E-state index contributed by atoms with van der Waals surface area (Å²) in [7, 11) is 0. The molecule has 3 rings (SSSR count). The van der Waals surface area contributed by atoms with Gasteiger partial charge >= 0.3 is 12.1 Å². The number of hydrogen-bond donors (Lipinski definition) is 1. The first-order valence-electron chi connectivity index (χ1n) is 12.1. The van der Waals surface area contributed by atoms with Crippen LogP contribution in [0.1, 0.15) is 40.9 Å². The summed E-state index contributed by atoms with van der Waals surface area (Å²) in [6.07, 6.45) is -3.92. The third kappa shape index (κ3) is 8.54. The molecule has 0 atom stereocenters. The molecule has 9 heteroatoms. The minimum absolute atomic E-state index is 0.0883. The molecule has 0 heterocycles. The van der Waals surface area contributed by atoms with E-state index in [2.05, 4.69) is 0 Å². The monoisotopic (exact) mass is 529 g/mol. The van der Waals surface area contributed by atoms with E-state index in [9.17, 15) is 27.9 Å². The van der Waals surface area contributed by atoms with Gasteiger partial charge in [-0.2, -0.15) is 13.2 Å². The quantitative estimate of drug-likeness (QED) is 0.307. The van der Waals surface area contributed by atoms with E-state index in [0.717, 1.165) is 17.7 Å². The Balaban J connectivity index is 1.57. The average molecular weight is 530 g/mol. The number of para-hydroxylation sites is 1. The first-order valence-corrected chi connectivity index (χ1v) is 12.1. The molecule has 6 nitrogen and oxygen atoms in total. The summed E-state index contributed by atoms with van der Waals surface area (Å²) in [4.78, 5) is 25.8. The molecule has 0 unspecified atom stereocenters. The molecule has 0 radical (unpaired) electrons. The topological polar surface area (TPSA) is 76.1 Å². The minimum atomic E-state index is -4.41. The number of carbonyl (C=O) groups is 2. The molecule has 1 amide bonds. The number of aromatic carboxylic acids is 1. The molecule has 38 heavy (non-hydrogen) atoms. The Hall–Kier alpha value is -4.01. The minimum Gasteiger partial charge on any atom is -0.492 e. The van der Waals surface area contributed by atoms with Gasteiger partial charge in [0.05, 0.1) is 12.2 Å². The Morgan fingerprint density at radius 1 is 0.921 bits per heavy atom. The molecule has 0 fully saturated rings. The third-order valence-electron chi connectivity index (χ3n) is 5.62. The van der Waals surface area contributed by atoms with Crippen molar-refractivity contribution in [3.05, 3.63) is 95.1 Å². The van der Waals surface area contributed by atoms with Gasteiger partial charge in [-0.15, -0.1) is 0 Å². The van der Waals surface area contributed by atoms with E-state index in [1.54, 1.807) is 41.3 Å². The molecule has 1 N–H and O–H groups in total. The van der Waals surface area contributed by atoms with Crippen molar-refractivity contribution in [2.75, 3.05) is 19.8 Å². The lowest BCUT2D eigenvalue weighted by Crippen LogP contribution is -2.37. The highest BCUT2D eigenvalue weighted by molar-refractivity contribution is 5.90. The predicted octanol–water partition coefficient (Wildman–Crippen LogP) is 6.09. The number of rotatable bonds is 12. The number of carbonyl (C=O) groups excluding carboxylic acids is 1. The first kappa shape index (κ1) is 28.6. The van der Waals surface area contributed by atoms with Crippen molar-refractivity contribution in [3.8, 4) is 11.5 Å². The zero-order valence-electron chi connectivity index (χ0n) is 21.2. The van der Waals surface area contributed by atoms with Crippen molar-refractivity contribution in [1.29, 1.82) is 0 Å². The third-order valence-corrected chi connectivity index (χ3v) is 5.62. The zero-order valence-corrected chi connectivity index (χ0v) is 21.2. The molecule has 0 aliphatic heterocycles. The molecule has 0 aromatic heterocycles. The van der Waals surface area contributed by atoms with E-state index >= 15 is 0 Å². The normalized spacial score (nSPS) is 11.3.